The summed E-state index contributed by atoms with van der Waals surface area (Å²) >= 11 is 0. The minimum atomic E-state index is -4.12. The Bertz CT molecular complexity index is 383. The van der Waals surface area contributed by atoms with Crippen LogP contribution in [0.4, 0.5) is 0 Å². The molecule has 0 aromatic heterocycles. The van der Waals surface area contributed by atoms with Crippen molar-refractivity contribution in [1.82, 2.24) is 0 Å². The first kappa shape index (κ1) is 20.3. The minimum Gasteiger partial charge on any atom is -0.748 e. The number of hydrogen-bond acceptors (Lipinski definition) is 3. The molecule has 0 aromatic carbocycles. The minimum absolute atomic E-state index is 0.121. The van der Waals surface area contributed by atoms with Gasteiger partial charge in [0.25, 0.3) is 0 Å². The molecular weight excluding hydrogens is 291 g/mol. The molecule has 0 fully saturated rings. The molecule has 0 aliphatic heterocycles. The van der Waals surface area contributed by atoms with E-state index in [-0.39, 0.29) is 21.2 Å². The summed E-state index contributed by atoms with van der Waals surface area (Å²) < 4.78 is 32.8. The highest BCUT2D eigenvalue weighted by molar-refractivity contribution is 7.85. The first-order chi connectivity index (χ1) is 8.46. The van der Waals surface area contributed by atoms with Crippen LogP contribution in [0.5, 0.6) is 0 Å². The van der Waals surface area contributed by atoms with Crippen LogP contribution in [0.1, 0.15) is 68.7 Å². The monoisotopic (exact) mass is 324 g/mol. The summed E-state index contributed by atoms with van der Waals surface area (Å²) in [6, 6.07) is 0. The summed E-state index contributed by atoms with van der Waals surface area (Å²) in [6.45, 7) is 20.4. The van der Waals surface area contributed by atoms with E-state index in [0.717, 1.165) is 6.16 Å². The Hall–Kier alpha value is 0.340. The summed E-state index contributed by atoms with van der Waals surface area (Å²) in [4.78, 5) is 0. The number of hydrogen-bond donors (Lipinski definition) is 0. The Kier molecular flexibility index (Phi) is 5.95. The average Bonchev–Trinajstić information content (AvgIpc) is 2.03. The Balaban J connectivity index is 5.69. The lowest BCUT2D eigenvalue weighted by Crippen LogP contribution is -2.45. The van der Waals surface area contributed by atoms with Crippen molar-refractivity contribution < 1.29 is 13.0 Å². The third-order valence-electron chi connectivity index (χ3n) is 4.32. The van der Waals surface area contributed by atoms with E-state index in [4.69, 9.17) is 0 Å². The summed E-state index contributed by atoms with van der Waals surface area (Å²) in [7, 11) is -5.65. The van der Waals surface area contributed by atoms with Gasteiger partial charge in [0, 0.05) is 13.0 Å². The lowest BCUT2D eigenvalue weighted by atomic mass is 10.2. The second-order valence-electron chi connectivity index (χ2n) is 8.66. The van der Waals surface area contributed by atoms with Gasteiger partial charge < -0.3 is 4.55 Å². The van der Waals surface area contributed by atoms with Crippen LogP contribution in [0.3, 0.4) is 0 Å². The van der Waals surface area contributed by atoms with Crippen LogP contribution in [0.25, 0.3) is 0 Å². The smallest absolute Gasteiger partial charge is 0.0947 e. The zero-order chi connectivity index (χ0) is 16.6. The predicted octanol–water partition coefficient (Wildman–Crippen LogP) is 4.33. The number of rotatable bonds is 4. The molecule has 122 valence electrons. The molecule has 20 heavy (non-hydrogen) atoms. The second kappa shape index (κ2) is 5.85. The highest BCUT2D eigenvalue weighted by atomic mass is 32.2. The average molecular weight is 324 g/mol. The molecule has 0 aromatic rings. The lowest BCUT2D eigenvalue weighted by Gasteiger charge is -2.54. The van der Waals surface area contributed by atoms with Gasteiger partial charge in [-0.15, -0.1) is 0 Å². The molecule has 0 saturated carbocycles. The third-order valence-corrected chi connectivity index (χ3v) is 13.0. The highest BCUT2D eigenvalue weighted by Crippen LogP contribution is 2.83. The van der Waals surface area contributed by atoms with Gasteiger partial charge in [-0.2, -0.15) is 0 Å². The van der Waals surface area contributed by atoms with E-state index < -0.39 is 17.4 Å². The van der Waals surface area contributed by atoms with Crippen LogP contribution in [0, 0.1) is 0 Å². The molecule has 0 aliphatic carbocycles. The van der Waals surface area contributed by atoms with E-state index in [1.807, 2.05) is 0 Å². The van der Waals surface area contributed by atoms with Gasteiger partial charge in [-0.05, 0) is 68.7 Å². The molecule has 0 spiro atoms. The summed E-state index contributed by atoms with van der Waals surface area (Å²) in [5.74, 6) is -0.239. The van der Waals surface area contributed by atoms with Gasteiger partial charge in [0.05, 0.1) is 31.7 Å². The van der Waals surface area contributed by atoms with Crippen LogP contribution < -0.4 is 0 Å². The molecule has 0 N–H and O–H groups in total. The fourth-order valence-corrected chi connectivity index (χ4v) is 13.9. The SMILES string of the molecule is CC(C)(C)[P+](CCCS(=O)(=O)[O-])(C(C)(C)C)C(C)(C)C. The van der Waals surface area contributed by atoms with E-state index >= 15 is 0 Å². The fraction of sp³-hybridized carbons (Fsp3) is 1.00. The first-order valence-corrected chi connectivity index (χ1v) is 10.8. The fourth-order valence-electron chi connectivity index (χ4n) is 4.50. The van der Waals surface area contributed by atoms with Crippen molar-refractivity contribution in [1.29, 1.82) is 0 Å². The van der Waals surface area contributed by atoms with Crippen LogP contribution >= 0.6 is 7.26 Å². The zero-order valence-corrected chi connectivity index (χ0v) is 16.4. The molecule has 0 unspecified atom stereocenters. The van der Waals surface area contributed by atoms with Gasteiger partial charge in [-0.3, -0.25) is 0 Å². The summed E-state index contributed by atoms with van der Waals surface area (Å²) in [5, 5.41) is 0.364. The highest BCUT2D eigenvalue weighted by Gasteiger charge is 2.63. The lowest BCUT2D eigenvalue weighted by molar-refractivity contribution is 0.462. The van der Waals surface area contributed by atoms with E-state index in [9.17, 15) is 13.0 Å². The predicted molar refractivity (Wildman–Crippen MR) is 90.2 cm³/mol. The van der Waals surface area contributed by atoms with Crippen molar-refractivity contribution >= 4 is 17.4 Å². The molecular formula is C15H33O3PS. The normalized spacial score (nSPS) is 15.5. The second-order valence-corrected chi connectivity index (χ2v) is 16.3. The summed E-state index contributed by atoms with van der Waals surface area (Å²) in [6.07, 6.45) is 1.33. The molecule has 0 heterocycles. The van der Waals surface area contributed by atoms with Crippen molar-refractivity contribution in [2.45, 2.75) is 84.2 Å². The van der Waals surface area contributed by atoms with E-state index in [0.29, 0.717) is 6.42 Å². The molecule has 3 nitrogen and oxygen atoms in total. The first-order valence-electron chi connectivity index (χ1n) is 7.28. The molecule has 0 saturated heterocycles. The Morgan fingerprint density at radius 3 is 1.30 bits per heavy atom. The van der Waals surface area contributed by atoms with E-state index in [2.05, 4.69) is 62.3 Å². The molecule has 5 heteroatoms. The van der Waals surface area contributed by atoms with E-state index in [1.54, 1.807) is 0 Å². The van der Waals surface area contributed by atoms with Crippen molar-refractivity contribution in [2.75, 3.05) is 11.9 Å². The largest absolute Gasteiger partial charge is 0.748 e. The van der Waals surface area contributed by atoms with Crippen molar-refractivity contribution in [3.05, 3.63) is 0 Å². The Morgan fingerprint density at radius 1 is 0.800 bits per heavy atom. The standard InChI is InChI=1S/C15H33O3PS/c1-13(2,3)19(14(4,5)6,15(7,8)9)11-10-12-20(16,17)18/h10-12H2,1-9H3. The van der Waals surface area contributed by atoms with Crippen LogP contribution in [-0.4, -0.2) is 40.4 Å². The Labute approximate surface area is 127 Å². The maximum Gasteiger partial charge on any atom is 0.0947 e. The maximum absolute atomic E-state index is 10.9. The topological polar surface area (TPSA) is 57.2 Å². The molecule has 0 atom stereocenters. The van der Waals surface area contributed by atoms with Gasteiger partial charge in [0.15, 0.2) is 0 Å². The van der Waals surface area contributed by atoms with Crippen LogP contribution in [-0.2, 0) is 10.1 Å². The van der Waals surface area contributed by atoms with Gasteiger partial charge in [0.1, 0.15) is 0 Å². The van der Waals surface area contributed by atoms with Crippen LogP contribution in [0.2, 0.25) is 0 Å². The quantitative estimate of drug-likeness (QED) is 0.571. The van der Waals surface area contributed by atoms with E-state index in [1.165, 1.54) is 0 Å². The molecule has 0 amide bonds. The Morgan fingerprint density at radius 2 is 1.10 bits per heavy atom. The molecule has 0 aliphatic rings. The molecule has 0 bridgehead atoms. The van der Waals surface area contributed by atoms with Gasteiger partial charge in [0.2, 0.25) is 0 Å². The van der Waals surface area contributed by atoms with Gasteiger partial charge >= 0.3 is 0 Å². The van der Waals surface area contributed by atoms with Crippen molar-refractivity contribution in [2.24, 2.45) is 0 Å². The van der Waals surface area contributed by atoms with Gasteiger partial charge in [-0.25, -0.2) is 8.42 Å². The summed E-state index contributed by atoms with van der Waals surface area (Å²) in [5.41, 5.74) is 0. The van der Waals surface area contributed by atoms with Crippen molar-refractivity contribution in [3.63, 3.8) is 0 Å². The van der Waals surface area contributed by atoms with Crippen molar-refractivity contribution in [3.8, 4) is 0 Å². The van der Waals surface area contributed by atoms with Gasteiger partial charge in [-0.1, -0.05) is 0 Å². The third kappa shape index (κ3) is 4.42. The van der Waals surface area contributed by atoms with Crippen LogP contribution in [0.15, 0.2) is 0 Å². The molecule has 0 radical (unpaired) electrons. The molecule has 0 rings (SSSR count). The maximum atomic E-state index is 10.9. The zero-order valence-electron chi connectivity index (χ0n) is 14.7.